The number of thiophene rings is 1. The van der Waals surface area contributed by atoms with Crippen LogP contribution in [0.3, 0.4) is 0 Å². The Labute approximate surface area is 150 Å². The van der Waals surface area contributed by atoms with E-state index in [-0.39, 0.29) is 19.9 Å². The summed E-state index contributed by atoms with van der Waals surface area (Å²) in [5, 5.41) is 20.6. The van der Waals surface area contributed by atoms with Crippen LogP contribution in [0.1, 0.15) is 0 Å². The van der Waals surface area contributed by atoms with Crippen molar-refractivity contribution in [2.24, 2.45) is 0 Å². The van der Waals surface area contributed by atoms with Crippen LogP contribution in [0.15, 0.2) is 39.2 Å². The van der Waals surface area contributed by atoms with Crippen LogP contribution < -0.4 is 11.2 Å². The molecule has 9 heteroatoms. The topological polar surface area (TPSA) is 105 Å². The number of hydrogen-bond donors (Lipinski definition) is 3. The number of hydrogen-bond acceptors (Lipinski definition) is 6. The van der Waals surface area contributed by atoms with E-state index < -0.39 is 17.4 Å². The van der Waals surface area contributed by atoms with Crippen molar-refractivity contribution in [3.63, 3.8) is 0 Å². The van der Waals surface area contributed by atoms with E-state index in [2.05, 4.69) is 4.98 Å². The summed E-state index contributed by atoms with van der Waals surface area (Å²) in [6.45, 7) is -0.980. The number of fused-ring (bicyclic) bond motifs is 1. The minimum atomic E-state index is -0.813. The number of aliphatic hydroxyl groups excluding tert-OH is 2. The number of aliphatic hydroxyl groups is 2. The second-order valence-electron chi connectivity index (χ2n) is 5.30. The van der Waals surface area contributed by atoms with Gasteiger partial charge in [0, 0.05) is 16.0 Å². The number of ether oxygens (including phenoxy) is 1. The van der Waals surface area contributed by atoms with Gasteiger partial charge in [-0.05, 0) is 17.7 Å². The number of H-pyrrole nitrogens is 1. The SMILES string of the molecule is O=c1[nH]c(=O)n(COC(CO)CO)c2c(-c3ccc(Cl)cc3)csc12. The van der Waals surface area contributed by atoms with Gasteiger partial charge >= 0.3 is 5.69 Å². The normalized spacial score (nSPS) is 11.5. The molecule has 2 aromatic heterocycles. The lowest BCUT2D eigenvalue weighted by atomic mass is 10.1. The van der Waals surface area contributed by atoms with E-state index in [1.165, 1.54) is 15.9 Å². The fourth-order valence-electron chi connectivity index (χ4n) is 2.40. The van der Waals surface area contributed by atoms with Gasteiger partial charge in [-0.1, -0.05) is 23.7 Å². The third-order valence-electron chi connectivity index (χ3n) is 3.71. The molecule has 132 valence electrons. The minimum Gasteiger partial charge on any atom is -0.394 e. The molecule has 7 nitrogen and oxygen atoms in total. The summed E-state index contributed by atoms with van der Waals surface area (Å²) < 4.78 is 7.02. The smallest absolute Gasteiger partial charge is 0.330 e. The Hall–Kier alpha value is -1.97. The van der Waals surface area contributed by atoms with Gasteiger partial charge in [-0.2, -0.15) is 0 Å². The number of benzene rings is 1. The first kappa shape index (κ1) is 17.8. The highest BCUT2D eigenvalue weighted by molar-refractivity contribution is 7.17. The van der Waals surface area contributed by atoms with Crippen molar-refractivity contribution in [2.75, 3.05) is 13.2 Å². The molecule has 0 radical (unpaired) electrons. The van der Waals surface area contributed by atoms with Gasteiger partial charge in [0.15, 0.2) is 0 Å². The van der Waals surface area contributed by atoms with E-state index >= 15 is 0 Å². The van der Waals surface area contributed by atoms with Crippen molar-refractivity contribution in [3.8, 4) is 11.1 Å². The minimum absolute atomic E-state index is 0.213. The van der Waals surface area contributed by atoms with Crippen LogP contribution in [0, 0.1) is 0 Å². The quantitative estimate of drug-likeness (QED) is 0.597. The van der Waals surface area contributed by atoms with E-state index in [1.54, 1.807) is 29.6 Å². The molecule has 0 saturated heterocycles. The molecule has 0 aliphatic heterocycles. The van der Waals surface area contributed by atoms with Crippen molar-refractivity contribution >= 4 is 33.2 Å². The molecule has 0 aliphatic rings. The first-order valence-corrected chi connectivity index (χ1v) is 8.64. The lowest BCUT2D eigenvalue weighted by molar-refractivity contribution is -0.0498. The van der Waals surface area contributed by atoms with Crippen LogP contribution in [0.4, 0.5) is 0 Å². The van der Waals surface area contributed by atoms with Gasteiger partial charge < -0.3 is 14.9 Å². The van der Waals surface area contributed by atoms with Crippen LogP contribution in [-0.4, -0.2) is 39.1 Å². The fraction of sp³-hybridized carbons (Fsp3) is 0.250. The average molecular weight is 383 g/mol. The highest BCUT2D eigenvalue weighted by Crippen LogP contribution is 2.32. The van der Waals surface area contributed by atoms with Crippen molar-refractivity contribution < 1.29 is 14.9 Å². The Kier molecular flexibility index (Phi) is 5.36. The molecular formula is C16H15ClN2O5S. The molecule has 0 unspecified atom stereocenters. The van der Waals surface area contributed by atoms with Crippen molar-refractivity contribution in [1.82, 2.24) is 9.55 Å². The van der Waals surface area contributed by atoms with E-state index in [9.17, 15) is 9.59 Å². The van der Waals surface area contributed by atoms with E-state index in [4.69, 9.17) is 26.6 Å². The number of nitrogens with zero attached hydrogens (tertiary/aromatic N) is 1. The zero-order chi connectivity index (χ0) is 18.0. The van der Waals surface area contributed by atoms with E-state index in [0.29, 0.717) is 20.8 Å². The van der Waals surface area contributed by atoms with Crippen molar-refractivity contribution in [2.45, 2.75) is 12.8 Å². The molecular weight excluding hydrogens is 368 g/mol. The zero-order valence-electron chi connectivity index (χ0n) is 12.9. The van der Waals surface area contributed by atoms with Gasteiger partial charge in [-0.3, -0.25) is 14.3 Å². The predicted molar refractivity (Wildman–Crippen MR) is 96.2 cm³/mol. The number of nitrogens with one attached hydrogen (secondary N) is 1. The lowest BCUT2D eigenvalue weighted by Crippen LogP contribution is -2.33. The number of aromatic amines is 1. The standard InChI is InChI=1S/C16H15ClN2O5S/c17-10-3-1-9(2-4-10)12-7-25-14-13(12)19(16(23)18-15(14)22)8-24-11(5-20)6-21/h1-4,7,11,20-21H,5-6,8H2,(H,18,22,23). The van der Waals surface area contributed by atoms with Crippen LogP contribution in [0.5, 0.6) is 0 Å². The number of rotatable bonds is 6. The molecule has 3 rings (SSSR count). The molecule has 0 bridgehead atoms. The van der Waals surface area contributed by atoms with Gasteiger partial charge in [0.05, 0.1) is 18.7 Å². The molecule has 1 aromatic carbocycles. The van der Waals surface area contributed by atoms with Crippen molar-refractivity contribution in [3.05, 3.63) is 55.5 Å². The summed E-state index contributed by atoms with van der Waals surface area (Å²) in [4.78, 5) is 26.6. The second-order valence-corrected chi connectivity index (χ2v) is 6.62. The Morgan fingerprint density at radius 1 is 1.20 bits per heavy atom. The van der Waals surface area contributed by atoms with Gasteiger partial charge in [-0.25, -0.2) is 4.79 Å². The highest BCUT2D eigenvalue weighted by atomic mass is 35.5. The number of halogens is 1. The van der Waals surface area contributed by atoms with Crippen LogP contribution in [-0.2, 0) is 11.5 Å². The maximum atomic E-state index is 12.3. The first-order chi connectivity index (χ1) is 12.0. The lowest BCUT2D eigenvalue weighted by Gasteiger charge is -2.15. The summed E-state index contributed by atoms with van der Waals surface area (Å²) in [5.41, 5.74) is 0.849. The monoisotopic (exact) mass is 382 g/mol. The predicted octanol–water partition coefficient (Wildman–Crippen LogP) is 1.40. The first-order valence-electron chi connectivity index (χ1n) is 7.38. The largest absolute Gasteiger partial charge is 0.394 e. The van der Waals surface area contributed by atoms with Gasteiger partial charge in [0.1, 0.15) is 17.5 Å². The fourth-order valence-corrected chi connectivity index (χ4v) is 3.50. The molecule has 0 amide bonds. The zero-order valence-corrected chi connectivity index (χ0v) is 14.5. The third kappa shape index (κ3) is 3.53. The molecule has 0 saturated carbocycles. The summed E-state index contributed by atoms with van der Waals surface area (Å²) >= 11 is 7.13. The van der Waals surface area contributed by atoms with E-state index in [1.807, 2.05) is 0 Å². The molecule has 0 spiro atoms. The van der Waals surface area contributed by atoms with Gasteiger partial charge in [-0.15, -0.1) is 11.3 Å². The van der Waals surface area contributed by atoms with Crippen LogP contribution in [0.25, 0.3) is 21.3 Å². The second kappa shape index (κ2) is 7.51. The highest BCUT2D eigenvalue weighted by Gasteiger charge is 2.16. The Morgan fingerprint density at radius 3 is 2.52 bits per heavy atom. The molecule has 3 aromatic rings. The van der Waals surface area contributed by atoms with E-state index in [0.717, 1.165) is 5.56 Å². The maximum Gasteiger partial charge on any atom is 0.330 e. The van der Waals surface area contributed by atoms with Crippen molar-refractivity contribution in [1.29, 1.82) is 0 Å². The molecule has 0 fully saturated rings. The molecule has 0 atom stereocenters. The summed E-state index contributed by atoms with van der Waals surface area (Å²) in [6, 6.07) is 7.04. The summed E-state index contributed by atoms with van der Waals surface area (Å²) in [6.07, 6.45) is -0.813. The maximum absolute atomic E-state index is 12.3. The molecule has 0 aliphatic carbocycles. The molecule has 3 N–H and O–H groups in total. The van der Waals surface area contributed by atoms with Gasteiger partial charge in [0.2, 0.25) is 0 Å². The molecule has 25 heavy (non-hydrogen) atoms. The molecule has 2 heterocycles. The third-order valence-corrected chi connectivity index (χ3v) is 4.93. The average Bonchev–Trinajstić information content (AvgIpc) is 3.04. The summed E-state index contributed by atoms with van der Waals surface area (Å²) in [5.74, 6) is 0. The Bertz CT molecular complexity index is 988. The van der Waals surface area contributed by atoms with Crippen LogP contribution in [0.2, 0.25) is 5.02 Å². The van der Waals surface area contributed by atoms with Gasteiger partial charge in [0.25, 0.3) is 5.56 Å². The Balaban J connectivity index is 2.15. The number of aromatic nitrogens is 2. The van der Waals surface area contributed by atoms with Crippen LogP contribution >= 0.6 is 22.9 Å². The Morgan fingerprint density at radius 2 is 1.88 bits per heavy atom. The summed E-state index contributed by atoms with van der Waals surface area (Å²) in [7, 11) is 0.